The summed E-state index contributed by atoms with van der Waals surface area (Å²) in [6, 6.07) is 0. The van der Waals surface area contributed by atoms with Crippen LogP contribution in [0.1, 0.15) is 23.4 Å². The average Bonchev–Trinajstić information content (AvgIpc) is 2.34. The maximum atomic E-state index is 4.33. The fourth-order valence-corrected chi connectivity index (χ4v) is 2.52. The molecule has 2 nitrogen and oxygen atoms in total. The van der Waals surface area contributed by atoms with Gasteiger partial charge < -0.3 is 0 Å². The highest BCUT2D eigenvalue weighted by Gasteiger charge is 2.21. The minimum Gasteiger partial charge on any atom is -0.300 e. The van der Waals surface area contributed by atoms with E-state index in [0.29, 0.717) is 5.92 Å². The van der Waals surface area contributed by atoms with Gasteiger partial charge in [-0.25, -0.2) is 4.98 Å². The Morgan fingerprint density at radius 2 is 2.55 bits per heavy atom. The minimum atomic E-state index is 0.677. The van der Waals surface area contributed by atoms with Gasteiger partial charge in [-0.15, -0.1) is 11.3 Å². The molecule has 1 atom stereocenters. The Morgan fingerprint density at radius 3 is 3.36 bits per heavy atom. The van der Waals surface area contributed by atoms with E-state index in [-0.39, 0.29) is 0 Å². The molecule has 2 rings (SSSR count). The molecule has 0 N–H and O–H groups in total. The quantitative estimate of drug-likeness (QED) is 0.586. The van der Waals surface area contributed by atoms with Gasteiger partial charge in [-0.1, -0.05) is 6.92 Å². The maximum Gasteiger partial charge on any atom is 0.0798 e. The Balaban J connectivity index is 2.36. The lowest BCUT2D eigenvalue weighted by atomic mass is 10.0. The van der Waals surface area contributed by atoms with Crippen LogP contribution in [0.5, 0.6) is 0 Å². The fourth-order valence-electron chi connectivity index (χ4n) is 1.67. The van der Waals surface area contributed by atoms with Crippen molar-refractivity contribution in [2.24, 2.45) is 0 Å². The summed E-state index contributed by atoms with van der Waals surface area (Å²) < 4.78 is 0. The van der Waals surface area contributed by atoms with Crippen molar-refractivity contribution in [3.8, 4) is 0 Å². The molecule has 1 aromatic heterocycles. The second-order valence-electron chi connectivity index (χ2n) is 3.26. The molecule has 1 aromatic rings. The maximum absolute atomic E-state index is 4.33. The molecule has 0 amide bonds. The number of rotatable bonds is 0. The van der Waals surface area contributed by atoms with Crippen molar-refractivity contribution < 1.29 is 0 Å². The molecular formula is C8H12N2S. The van der Waals surface area contributed by atoms with Crippen LogP contribution in [-0.2, 0) is 6.54 Å². The first-order valence-electron chi connectivity index (χ1n) is 3.88. The highest BCUT2D eigenvalue weighted by Crippen LogP contribution is 2.29. The van der Waals surface area contributed by atoms with Gasteiger partial charge in [-0.05, 0) is 7.05 Å². The van der Waals surface area contributed by atoms with Crippen LogP contribution in [0.3, 0.4) is 0 Å². The van der Waals surface area contributed by atoms with E-state index < -0.39 is 0 Å². The predicted octanol–water partition coefficient (Wildman–Crippen LogP) is 1.69. The lowest BCUT2D eigenvalue weighted by molar-refractivity contribution is 0.287. The Bertz CT molecular complexity index is 256. The standard InChI is InChI=1S/C8H12N2S/c1-6-3-10(2)4-7-8(6)11-5-9-7/h5-6H,3-4H2,1-2H3. The molecule has 0 bridgehead atoms. The summed E-state index contributed by atoms with van der Waals surface area (Å²) in [5.74, 6) is 0.677. The first kappa shape index (κ1) is 7.25. The normalized spacial score (nSPS) is 25.1. The zero-order chi connectivity index (χ0) is 7.84. The third-order valence-corrected chi connectivity index (χ3v) is 3.23. The van der Waals surface area contributed by atoms with Crippen LogP contribution >= 0.6 is 11.3 Å². The highest BCUT2D eigenvalue weighted by molar-refractivity contribution is 7.09. The molecule has 1 unspecified atom stereocenters. The van der Waals surface area contributed by atoms with E-state index in [2.05, 4.69) is 23.9 Å². The third kappa shape index (κ3) is 1.19. The second-order valence-corrected chi connectivity index (χ2v) is 4.15. The van der Waals surface area contributed by atoms with Crippen molar-refractivity contribution in [3.63, 3.8) is 0 Å². The molecule has 1 aliphatic heterocycles. The largest absolute Gasteiger partial charge is 0.300 e. The number of aromatic nitrogens is 1. The number of hydrogen-bond acceptors (Lipinski definition) is 3. The van der Waals surface area contributed by atoms with Crippen LogP contribution in [0, 0.1) is 0 Å². The molecule has 0 spiro atoms. The van der Waals surface area contributed by atoms with Crippen LogP contribution in [0.15, 0.2) is 5.51 Å². The van der Waals surface area contributed by atoms with E-state index >= 15 is 0 Å². The SMILES string of the molecule is CC1CN(C)Cc2ncsc21. The summed E-state index contributed by atoms with van der Waals surface area (Å²) in [7, 11) is 2.15. The van der Waals surface area contributed by atoms with E-state index in [0.717, 1.165) is 6.54 Å². The molecule has 0 saturated carbocycles. The minimum absolute atomic E-state index is 0.677. The fraction of sp³-hybridized carbons (Fsp3) is 0.625. The van der Waals surface area contributed by atoms with Gasteiger partial charge >= 0.3 is 0 Å². The van der Waals surface area contributed by atoms with Gasteiger partial charge in [-0.2, -0.15) is 0 Å². The van der Waals surface area contributed by atoms with Gasteiger partial charge in [0.15, 0.2) is 0 Å². The van der Waals surface area contributed by atoms with Crippen molar-refractivity contribution in [2.75, 3.05) is 13.6 Å². The number of likely N-dealkylation sites (N-methyl/N-ethyl adjacent to an activating group) is 1. The Hall–Kier alpha value is -0.410. The first-order chi connectivity index (χ1) is 5.27. The summed E-state index contributed by atoms with van der Waals surface area (Å²) in [6.45, 7) is 4.48. The highest BCUT2D eigenvalue weighted by atomic mass is 32.1. The molecule has 11 heavy (non-hydrogen) atoms. The average molecular weight is 168 g/mol. The van der Waals surface area contributed by atoms with Crippen molar-refractivity contribution >= 4 is 11.3 Å². The molecule has 2 heterocycles. The zero-order valence-corrected chi connectivity index (χ0v) is 7.69. The second kappa shape index (κ2) is 2.57. The van der Waals surface area contributed by atoms with Crippen LogP contribution in [0.4, 0.5) is 0 Å². The van der Waals surface area contributed by atoms with Crippen LogP contribution in [-0.4, -0.2) is 23.5 Å². The van der Waals surface area contributed by atoms with E-state index in [9.17, 15) is 0 Å². The lowest BCUT2D eigenvalue weighted by Crippen LogP contribution is -2.28. The van der Waals surface area contributed by atoms with Gasteiger partial charge in [-0.3, -0.25) is 4.90 Å². The predicted molar refractivity (Wildman–Crippen MR) is 46.9 cm³/mol. The molecule has 0 saturated heterocycles. The van der Waals surface area contributed by atoms with E-state index in [4.69, 9.17) is 0 Å². The van der Waals surface area contributed by atoms with Gasteiger partial charge in [0.2, 0.25) is 0 Å². The molecule has 1 aliphatic rings. The molecule has 0 aliphatic carbocycles. The monoisotopic (exact) mass is 168 g/mol. The Kier molecular flexibility index (Phi) is 1.69. The first-order valence-corrected chi connectivity index (χ1v) is 4.76. The molecule has 0 fully saturated rings. The smallest absolute Gasteiger partial charge is 0.0798 e. The van der Waals surface area contributed by atoms with E-state index in [1.807, 2.05) is 5.51 Å². The molecular weight excluding hydrogens is 156 g/mol. The van der Waals surface area contributed by atoms with Crippen molar-refractivity contribution in [3.05, 3.63) is 16.1 Å². The summed E-state index contributed by atoms with van der Waals surface area (Å²) in [5, 5.41) is 0. The van der Waals surface area contributed by atoms with Gasteiger partial charge in [0.25, 0.3) is 0 Å². The summed E-state index contributed by atoms with van der Waals surface area (Å²) in [5.41, 5.74) is 3.25. The van der Waals surface area contributed by atoms with Gasteiger partial charge in [0, 0.05) is 23.9 Å². The van der Waals surface area contributed by atoms with Crippen molar-refractivity contribution in [2.45, 2.75) is 19.4 Å². The number of hydrogen-bond donors (Lipinski definition) is 0. The van der Waals surface area contributed by atoms with Crippen LogP contribution in [0.25, 0.3) is 0 Å². The molecule has 60 valence electrons. The number of thiazole rings is 1. The van der Waals surface area contributed by atoms with E-state index in [1.165, 1.54) is 17.1 Å². The van der Waals surface area contributed by atoms with Crippen LogP contribution in [0.2, 0.25) is 0 Å². The summed E-state index contributed by atoms with van der Waals surface area (Å²) in [4.78, 5) is 8.15. The Labute approximate surface area is 70.9 Å². The molecule has 3 heteroatoms. The summed E-state index contributed by atoms with van der Waals surface area (Å²) >= 11 is 1.80. The molecule has 0 aromatic carbocycles. The number of nitrogens with zero attached hydrogens (tertiary/aromatic N) is 2. The lowest BCUT2D eigenvalue weighted by Gasteiger charge is -2.26. The van der Waals surface area contributed by atoms with E-state index in [1.54, 1.807) is 11.3 Å². The Morgan fingerprint density at radius 1 is 1.73 bits per heavy atom. The van der Waals surface area contributed by atoms with Crippen molar-refractivity contribution in [1.82, 2.24) is 9.88 Å². The molecule has 0 radical (unpaired) electrons. The van der Waals surface area contributed by atoms with Crippen LogP contribution < -0.4 is 0 Å². The third-order valence-electron chi connectivity index (χ3n) is 2.13. The zero-order valence-electron chi connectivity index (χ0n) is 6.87. The number of fused-ring (bicyclic) bond motifs is 1. The van der Waals surface area contributed by atoms with Crippen molar-refractivity contribution in [1.29, 1.82) is 0 Å². The summed E-state index contributed by atoms with van der Waals surface area (Å²) in [6.07, 6.45) is 0. The van der Waals surface area contributed by atoms with Gasteiger partial charge in [0.1, 0.15) is 0 Å². The van der Waals surface area contributed by atoms with Gasteiger partial charge in [0.05, 0.1) is 11.2 Å². The topological polar surface area (TPSA) is 16.1 Å².